The fraction of sp³-hybridized carbons (Fsp3) is 0.261. The lowest BCUT2D eigenvalue weighted by atomic mass is 9.97. The van der Waals surface area contributed by atoms with E-state index in [0.717, 1.165) is 4.90 Å². The van der Waals surface area contributed by atoms with Crippen molar-refractivity contribution in [1.29, 1.82) is 0 Å². The van der Waals surface area contributed by atoms with Crippen LogP contribution in [0.3, 0.4) is 0 Å². The summed E-state index contributed by atoms with van der Waals surface area (Å²) >= 11 is 0. The number of benzene rings is 2. The zero-order valence-electron chi connectivity index (χ0n) is 17.4. The van der Waals surface area contributed by atoms with Gasteiger partial charge in [0.15, 0.2) is 6.61 Å². The molecule has 1 aliphatic heterocycles. The number of carbonyl (C=O) groups is 3. The van der Waals surface area contributed by atoms with Gasteiger partial charge < -0.3 is 9.26 Å². The number of rotatable bonds is 7. The second kappa shape index (κ2) is 8.70. The number of carbonyl (C=O) groups excluding carboxylic acids is 3. The Hall–Kier alpha value is -3.88. The van der Waals surface area contributed by atoms with Gasteiger partial charge in [-0.25, -0.2) is 9.18 Å². The molecular weight excluding hydrogens is 417 g/mol. The monoisotopic (exact) mass is 437 g/mol. The van der Waals surface area contributed by atoms with Gasteiger partial charge in [0.25, 0.3) is 17.7 Å². The van der Waals surface area contributed by atoms with E-state index in [1.807, 2.05) is 6.92 Å². The quantitative estimate of drug-likeness (QED) is 0.411. The minimum absolute atomic E-state index is 0.0305. The van der Waals surface area contributed by atoms with Crippen LogP contribution in [0.2, 0.25) is 0 Å². The molecule has 0 N–H and O–H groups in total. The number of amides is 2. The van der Waals surface area contributed by atoms with Crippen LogP contribution in [0.15, 0.2) is 53.1 Å². The van der Waals surface area contributed by atoms with Crippen LogP contribution in [0.4, 0.5) is 4.39 Å². The number of imide groups is 1. The average molecular weight is 437 g/mol. The van der Waals surface area contributed by atoms with Gasteiger partial charge in [0, 0.05) is 5.56 Å². The third-order valence-electron chi connectivity index (χ3n) is 5.44. The number of hydrogen-bond donors (Lipinski definition) is 0. The van der Waals surface area contributed by atoms with E-state index >= 15 is 0 Å². The van der Waals surface area contributed by atoms with Crippen molar-refractivity contribution in [3.05, 3.63) is 71.4 Å². The van der Waals surface area contributed by atoms with Gasteiger partial charge in [-0.3, -0.25) is 14.5 Å². The molecule has 0 radical (unpaired) electrons. The Morgan fingerprint density at radius 2 is 1.72 bits per heavy atom. The van der Waals surface area contributed by atoms with Crippen LogP contribution >= 0.6 is 0 Å². The molecule has 1 aromatic heterocycles. The first kappa shape index (κ1) is 21.4. The molecule has 4 rings (SSSR count). The number of esters is 1. The SMILES string of the molecule is CC[C@H](C)[C@H](C(=O)OCc1nc(-c2ccc(F)cc2)no1)N1C(=O)c2ccccc2C1=O. The van der Waals surface area contributed by atoms with Gasteiger partial charge in [0.2, 0.25) is 5.82 Å². The minimum atomic E-state index is -1.09. The fourth-order valence-corrected chi connectivity index (χ4v) is 3.52. The molecule has 3 aromatic rings. The summed E-state index contributed by atoms with van der Waals surface area (Å²) in [6.45, 7) is 3.30. The zero-order chi connectivity index (χ0) is 22.8. The number of ether oxygens (including phenoxy) is 1. The molecular formula is C23H20FN3O5. The van der Waals surface area contributed by atoms with E-state index in [2.05, 4.69) is 10.1 Å². The van der Waals surface area contributed by atoms with Gasteiger partial charge in [-0.1, -0.05) is 37.6 Å². The Kier molecular flexibility index (Phi) is 5.81. The Labute approximate surface area is 183 Å². The Morgan fingerprint density at radius 1 is 1.09 bits per heavy atom. The molecule has 2 heterocycles. The first-order valence-electron chi connectivity index (χ1n) is 10.1. The van der Waals surface area contributed by atoms with Crippen molar-refractivity contribution in [2.75, 3.05) is 0 Å². The molecule has 0 unspecified atom stereocenters. The molecule has 0 saturated carbocycles. The van der Waals surface area contributed by atoms with E-state index in [-0.39, 0.29) is 35.4 Å². The molecule has 164 valence electrons. The lowest BCUT2D eigenvalue weighted by Gasteiger charge is -2.28. The highest BCUT2D eigenvalue weighted by molar-refractivity contribution is 6.22. The van der Waals surface area contributed by atoms with E-state index in [0.29, 0.717) is 12.0 Å². The Bertz CT molecular complexity index is 1140. The minimum Gasteiger partial charge on any atom is -0.454 e. The molecule has 0 aliphatic carbocycles. The van der Waals surface area contributed by atoms with Crippen molar-refractivity contribution in [3.8, 4) is 11.4 Å². The Morgan fingerprint density at radius 3 is 2.31 bits per heavy atom. The zero-order valence-corrected chi connectivity index (χ0v) is 17.4. The van der Waals surface area contributed by atoms with Gasteiger partial charge in [-0.2, -0.15) is 4.98 Å². The second-order valence-corrected chi connectivity index (χ2v) is 7.48. The van der Waals surface area contributed by atoms with Crippen LogP contribution in [-0.2, 0) is 16.1 Å². The molecule has 2 aromatic carbocycles. The third kappa shape index (κ3) is 3.89. The van der Waals surface area contributed by atoms with Crippen LogP contribution in [0, 0.1) is 11.7 Å². The van der Waals surface area contributed by atoms with Gasteiger partial charge >= 0.3 is 5.97 Å². The summed E-state index contributed by atoms with van der Waals surface area (Å²) in [7, 11) is 0. The average Bonchev–Trinajstić information content (AvgIpc) is 3.37. The summed E-state index contributed by atoms with van der Waals surface area (Å²) in [5.41, 5.74) is 1.06. The van der Waals surface area contributed by atoms with Crippen molar-refractivity contribution in [3.63, 3.8) is 0 Å². The van der Waals surface area contributed by atoms with Crippen molar-refractivity contribution in [1.82, 2.24) is 15.0 Å². The molecule has 2 atom stereocenters. The highest BCUT2D eigenvalue weighted by atomic mass is 19.1. The summed E-state index contributed by atoms with van der Waals surface area (Å²) < 4.78 is 23.5. The van der Waals surface area contributed by atoms with Crippen LogP contribution in [0.25, 0.3) is 11.4 Å². The van der Waals surface area contributed by atoms with Gasteiger partial charge in [0.1, 0.15) is 11.9 Å². The normalized spacial score (nSPS) is 14.9. The van der Waals surface area contributed by atoms with E-state index < -0.39 is 29.6 Å². The van der Waals surface area contributed by atoms with Gasteiger partial charge in [-0.05, 0) is 42.3 Å². The Balaban J connectivity index is 1.50. The molecule has 32 heavy (non-hydrogen) atoms. The van der Waals surface area contributed by atoms with Crippen LogP contribution < -0.4 is 0 Å². The summed E-state index contributed by atoms with van der Waals surface area (Å²) in [5, 5.41) is 3.80. The molecule has 8 nitrogen and oxygen atoms in total. The fourth-order valence-electron chi connectivity index (χ4n) is 3.52. The molecule has 1 aliphatic rings. The molecule has 9 heteroatoms. The molecule has 0 bridgehead atoms. The first-order valence-corrected chi connectivity index (χ1v) is 10.1. The number of fused-ring (bicyclic) bond motifs is 1. The van der Waals surface area contributed by atoms with Crippen LogP contribution in [0.1, 0.15) is 46.9 Å². The second-order valence-electron chi connectivity index (χ2n) is 7.48. The molecule has 0 fully saturated rings. The van der Waals surface area contributed by atoms with E-state index in [1.54, 1.807) is 31.2 Å². The number of nitrogens with zero attached hydrogens (tertiary/aromatic N) is 3. The van der Waals surface area contributed by atoms with E-state index in [4.69, 9.17) is 9.26 Å². The lowest BCUT2D eigenvalue weighted by Crippen LogP contribution is -2.49. The smallest absolute Gasteiger partial charge is 0.330 e. The first-order chi connectivity index (χ1) is 15.4. The van der Waals surface area contributed by atoms with Gasteiger partial charge in [-0.15, -0.1) is 0 Å². The van der Waals surface area contributed by atoms with Crippen molar-refractivity contribution >= 4 is 17.8 Å². The number of hydrogen-bond acceptors (Lipinski definition) is 7. The van der Waals surface area contributed by atoms with Crippen LogP contribution in [0.5, 0.6) is 0 Å². The van der Waals surface area contributed by atoms with Crippen molar-refractivity contribution < 1.29 is 28.0 Å². The lowest BCUT2D eigenvalue weighted by molar-refractivity contribution is -0.152. The molecule has 2 amide bonds. The van der Waals surface area contributed by atoms with E-state index in [9.17, 15) is 18.8 Å². The number of aromatic nitrogens is 2. The molecule has 0 spiro atoms. The standard InChI is InChI=1S/C23H20FN3O5/c1-3-13(2)19(27-21(28)16-6-4-5-7-17(16)22(27)29)23(30)31-12-18-25-20(26-32-18)14-8-10-15(24)11-9-14/h4-11,13,19H,3,12H2,1-2H3/t13-,19+/m0/s1. The van der Waals surface area contributed by atoms with Crippen LogP contribution in [-0.4, -0.2) is 38.9 Å². The van der Waals surface area contributed by atoms with Crippen molar-refractivity contribution in [2.45, 2.75) is 32.9 Å². The maximum Gasteiger partial charge on any atom is 0.330 e. The van der Waals surface area contributed by atoms with Crippen molar-refractivity contribution in [2.24, 2.45) is 5.92 Å². The summed E-state index contributed by atoms with van der Waals surface area (Å²) in [6, 6.07) is 10.9. The summed E-state index contributed by atoms with van der Waals surface area (Å²) in [6.07, 6.45) is 0.544. The molecule has 0 saturated heterocycles. The third-order valence-corrected chi connectivity index (χ3v) is 5.44. The number of halogens is 1. The largest absolute Gasteiger partial charge is 0.454 e. The van der Waals surface area contributed by atoms with Gasteiger partial charge in [0.05, 0.1) is 11.1 Å². The summed E-state index contributed by atoms with van der Waals surface area (Å²) in [5.74, 6) is -2.26. The summed E-state index contributed by atoms with van der Waals surface area (Å²) in [4.78, 5) is 43.8. The maximum absolute atomic E-state index is 13.1. The van der Waals surface area contributed by atoms with E-state index in [1.165, 1.54) is 24.3 Å². The maximum atomic E-state index is 13.1. The topological polar surface area (TPSA) is 103 Å². The highest BCUT2D eigenvalue weighted by Gasteiger charge is 2.45. The highest BCUT2D eigenvalue weighted by Crippen LogP contribution is 2.29. The predicted molar refractivity (Wildman–Crippen MR) is 110 cm³/mol. The predicted octanol–water partition coefficient (Wildman–Crippen LogP) is 3.63.